The summed E-state index contributed by atoms with van der Waals surface area (Å²) in [7, 11) is -3.76. The Labute approximate surface area is 36.2 Å². The van der Waals surface area contributed by atoms with Gasteiger partial charge in [0.05, 0.1) is 0 Å². The van der Waals surface area contributed by atoms with Crippen LogP contribution in [0.3, 0.4) is 0 Å². The lowest BCUT2D eigenvalue weighted by Gasteiger charge is -1.92. The minimum absolute atomic E-state index is 0.312. The van der Waals surface area contributed by atoms with Crippen molar-refractivity contribution in [2.45, 2.75) is 0 Å². The molecule has 0 bridgehead atoms. The molecule has 0 aromatic carbocycles. The molecule has 4 heteroatoms. The van der Waals surface area contributed by atoms with Crippen molar-refractivity contribution in [2.24, 2.45) is 0 Å². The van der Waals surface area contributed by atoms with Gasteiger partial charge in [0.1, 0.15) is 0 Å². The highest BCUT2D eigenvalue weighted by molar-refractivity contribution is 7.51. The van der Waals surface area contributed by atoms with E-state index < -0.39 is 7.60 Å². The Morgan fingerprint density at radius 2 is 1.83 bits per heavy atom. The molecule has 0 atom stereocenters. The highest BCUT2D eigenvalue weighted by atomic mass is 31.2. The van der Waals surface area contributed by atoms with E-state index >= 15 is 0 Å². The zero-order valence-corrected chi connectivity index (χ0v) is 4.06. The first kappa shape index (κ1) is 6.15. The minimum Gasteiger partial charge on any atom is -0.324 e. The first-order valence-electron chi connectivity index (χ1n) is 1.40. The topological polar surface area (TPSA) is 57.5 Å². The van der Waals surface area contributed by atoms with Gasteiger partial charge in [0, 0.05) is 6.16 Å². The first-order valence-corrected chi connectivity index (χ1v) is 3.20. The first-order chi connectivity index (χ1) is 2.56. The molecule has 0 aromatic rings. The van der Waals surface area contributed by atoms with E-state index in [4.69, 9.17) is 9.79 Å². The van der Waals surface area contributed by atoms with Gasteiger partial charge >= 0.3 is 7.60 Å². The molecule has 37 valence electrons. The average Bonchev–Trinajstić information content (AvgIpc) is 1.35. The smallest absolute Gasteiger partial charge is 0.324 e. The van der Waals surface area contributed by atoms with Crippen LogP contribution in [0.15, 0.2) is 0 Å². The Morgan fingerprint density at radius 1 is 1.67 bits per heavy atom. The summed E-state index contributed by atoms with van der Waals surface area (Å²) < 4.78 is 9.63. The fourth-order valence-electron chi connectivity index (χ4n) is 0. The SMILES string of the molecule is [CH2]CP(=O)(O)O. The van der Waals surface area contributed by atoms with Crippen LogP contribution >= 0.6 is 7.60 Å². The molecular formula is C2H6O3P. The van der Waals surface area contributed by atoms with Gasteiger partial charge in [0.25, 0.3) is 0 Å². The van der Waals surface area contributed by atoms with Crippen LogP contribution in [0.5, 0.6) is 0 Å². The van der Waals surface area contributed by atoms with E-state index in [1.807, 2.05) is 0 Å². The van der Waals surface area contributed by atoms with Crippen molar-refractivity contribution in [1.82, 2.24) is 0 Å². The average molecular weight is 109 g/mol. The summed E-state index contributed by atoms with van der Waals surface area (Å²) >= 11 is 0. The fraction of sp³-hybridized carbons (Fsp3) is 0.500. The van der Waals surface area contributed by atoms with Gasteiger partial charge in [-0.15, -0.1) is 0 Å². The molecule has 0 amide bonds. The second kappa shape index (κ2) is 1.73. The Morgan fingerprint density at radius 3 is 1.83 bits per heavy atom. The van der Waals surface area contributed by atoms with Crippen molar-refractivity contribution < 1.29 is 14.4 Å². The lowest BCUT2D eigenvalue weighted by Crippen LogP contribution is -1.77. The van der Waals surface area contributed by atoms with Crippen molar-refractivity contribution in [1.29, 1.82) is 0 Å². The van der Waals surface area contributed by atoms with E-state index in [0.29, 0.717) is 0 Å². The van der Waals surface area contributed by atoms with Gasteiger partial charge in [-0.05, 0) is 6.92 Å². The van der Waals surface area contributed by atoms with Crippen LogP contribution < -0.4 is 0 Å². The molecular weight excluding hydrogens is 103 g/mol. The molecule has 0 saturated carbocycles. The summed E-state index contributed by atoms with van der Waals surface area (Å²) in [5.41, 5.74) is 0. The maximum Gasteiger partial charge on any atom is 0.325 e. The van der Waals surface area contributed by atoms with Gasteiger partial charge in [0.15, 0.2) is 0 Å². The van der Waals surface area contributed by atoms with Crippen molar-refractivity contribution in [3.63, 3.8) is 0 Å². The Balaban J connectivity index is 3.48. The zero-order valence-electron chi connectivity index (χ0n) is 3.16. The largest absolute Gasteiger partial charge is 0.325 e. The molecule has 6 heavy (non-hydrogen) atoms. The molecule has 0 saturated heterocycles. The normalized spacial score (nSPS) is 11.8. The maximum atomic E-state index is 9.63. The molecule has 0 unspecified atom stereocenters. The van der Waals surface area contributed by atoms with Crippen LogP contribution in [0.1, 0.15) is 0 Å². The zero-order chi connectivity index (χ0) is 5.21. The fourth-order valence-corrected chi connectivity index (χ4v) is 0. The van der Waals surface area contributed by atoms with E-state index in [0.717, 1.165) is 0 Å². The van der Waals surface area contributed by atoms with Gasteiger partial charge in [-0.1, -0.05) is 0 Å². The van der Waals surface area contributed by atoms with Crippen LogP contribution in [0.2, 0.25) is 0 Å². The quantitative estimate of drug-likeness (QED) is 0.466. The maximum absolute atomic E-state index is 9.63. The Bertz CT molecular complexity index is 72.9. The lowest BCUT2D eigenvalue weighted by atomic mass is 11.0. The van der Waals surface area contributed by atoms with Crippen molar-refractivity contribution in [3.05, 3.63) is 6.92 Å². The third-order valence-corrected chi connectivity index (χ3v) is 0.874. The van der Waals surface area contributed by atoms with Crippen molar-refractivity contribution in [2.75, 3.05) is 6.16 Å². The molecule has 0 spiro atoms. The summed E-state index contributed by atoms with van der Waals surface area (Å²) in [5.74, 6) is 0. The summed E-state index contributed by atoms with van der Waals surface area (Å²) in [4.78, 5) is 15.8. The molecule has 0 fully saturated rings. The second-order valence-corrected chi connectivity index (χ2v) is 2.66. The molecule has 3 nitrogen and oxygen atoms in total. The molecule has 2 N–H and O–H groups in total. The molecule has 0 aliphatic carbocycles. The number of hydrogen-bond acceptors (Lipinski definition) is 1. The summed E-state index contributed by atoms with van der Waals surface area (Å²) in [6.45, 7) is 2.99. The van der Waals surface area contributed by atoms with Crippen LogP contribution in [-0.4, -0.2) is 15.9 Å². The molecule has 0 aliphatic rings. The van der Waals surface area contributed by atoms with Crippen LogP contribution in [0.4, 0.5) is 0 Å². The third kappa shape index (κ3) is 4.15. The third-order valence-electron chi connectivity index (χ3n) is 0.291. The number of hydrogen-bond donors (Lipinski definition) is 2. The van der Waals surface area contributed by atoms with E-state index in [-0.39, 0.29) is 6.16 Å². The monoisotopic (exact) mass is 109 g/mol. The van der Waals surface area contributed by atoms with E-state index in [2.05, 4.69) is 6.92 Å². The molecule has 0 rings (SSSR count). The standard InChI is InChI=1S/C2H6O3P/c1-2-6(3,4)5/h1-2H2,(H2,3,4,5). The molecule has 0 aliphatic heterocycles. The summed E-state index contributed by atoms with van der Waals surface area (Å²) in [5, 5.41) is 0. The van der Waals surface area contributed by atoms with Gasteiger partial charge < -0.3 is 9.79 Å². The van der Waals surface area contributed by atoms with Crippen molar-refractivity contribution in [3.8, 4) is 0 Å². The predicted octanol–water partition coefficient (Wildman–Crippen LogP) is -0.00181. The van der Waals surface area contributed by atoms with Gasteiger partial charge in [-0.25, -0.2) is 0 Å². The van der Waals surface area contributed by atoms with Crippen LogP contribution in [0.25, 0.3) is 0 Å². The van der Waals surface area contributed by atoms with Crippen LogP contribution in [0, 0.1) is 6.92 Å². The highest BCUT2D eigenvalue weighted by Crippen LogP contribution is 2.32. The number of rotatable bonds is 1. The lowest BCUT2D eigenvalue weighted by molar-refractivity contribution is 0.377. The van der Waals surface area contributed by atoms with Gasteiger partial charge in [-0.3, -0.25) is 4.57 Å². The van der Waals surface area contributed by atoms with Gasteiger partial charge in [-0.2, -0.15) is 0 Å². The Hall–Kier alpha value is 0.150. The summed E-state index contributed by atoms with van der Waals surface area (Å²) in [6.07, 6.45) is -0.312. The minimum atomic E-state index is -3.76. The second-order valence-electron chi connectivity index (χ2n) is 0.888. The van der Waals surface area contributed by atoms with E-state index in [9.17, 15) is 4.57 Å². The van der Waals surface area contributed by atoms with E-state index in [1.54, 1.807) is 0 Å². The summed E-state index contributed by atoms with van der Waals surface area (Å²) in [6, 6.07) is 0. The Kier molecular flexibility index (Phi) is 1.78. The van der Waals surface area contributed by atoms with Crippen LogP contribution in [-0.2, 0) is 4.57 Å². The molecule has 0 aromatic heterocycles. The van der Waals surface area contributed by atoms with E-state index in [1.165, 1.54) is 0 Å². The molecule has 0 heterocycles. The van der Waals surface area contributed by atoms with Crippen molar-refractivity contribution >= 4 is 7.60 Å². The van der Waals surface area contributed by atoms with Gasteiger partial charge in [0.2, 0.25) is 0 Å². The molecule has 1 radical (unpaired) electrons. The predicted molar refractivity (Wildman–Crippen MR) is 22.3 cm³/mol. The highest BCUT2D eigenvalue weighted by Gasteiger charge is 2.05.